The second-order valence-electron chi connectivity index (χ2n) is 5.64. The predicted octanol–water partition coefficient (Wildman–Crippen LogP) is 2.67. The van der Waals surface area contributed by atoms with E-state index in [9.17, 15) is 9.59 Å². The number of esters is 1. The van der Waals surface area contributed by atoms with E-state index >= 15 is 0 Å². The van der Waals surface area contributed by atoms with Crippen molar-refractivity contribution in [2.75, 3.05) is 0 Å². The molecule has 2 aliphatic rings. The maximum Gasteiger partial charge on any atom is 0.307 e. The number of carbonyl (C=O) groups excluding carboxylic acids is 2. The lowest BCUT2D eigenvalue weighted by molar-refractivity contribution is -0.142. The van der Waals surface area contributed by atoms with E-state index in [1.54, 1.807) is 0 Å². The van der Waals surface area contributed by atoms with Crippen LogP contribution >= 0.6 is 0 Å². The molecule has 100 valence electrons. The van der Waals surface area contributed by atoms with Gasteiger partial charge in [0, 0.05) is 6.42 Å². The molecule has 3 nitrogen and oxygen atoms in total. The average Bonchev–Trinajstić information content (AvgIpc) is 2.65. The van der Waals surface area contributed by atoms with Crippen LogP contribution in [-0.2, 0) is 20.7 Å². The standard InChI is InChI=1S/C16H18O3/c17-13-8-4-5-9-14-16(13,11-15(18)19-14)10-12-6-2-1-3-7-12/h1-3,6-7,14H,4-5,8-11H2/t14-,16-/m0/s1. The maximum atomic E-state index is 12.5. The molecule has 0 unspecified atom stereocenters. The van der Waals surface area contributed by atoms with E-state index in [0.717, 1.165) is 24.8 Å². The smallest absolute Gasteiger partial charge is 0.307 e. The van der Waals surface area contributed by atoms with Crippen LogP contribution in [0.3, 0.4) is 0 Å². The van der Waals surface area contributed by atoms with Crippen molar-refractivity contribution in [2.45, 2.75) is 44.6 Å². The van der Waals surface area contributed by atoms with Gasteiger partial charge in [-0.1, -0.05) is 30.3 Å². The molecule has 3 heteroatoms. The van der Waals surface area contributed by atoms with E-state index in [4.69, 9.17) is 4.74 Å². The lowest BCUT2D eigenvalue weighted by Crippen LogP contribution is -2.39. The minimum absolute atomic E-state index is 0.212. The Morgan fingerprint density at radius 3 is 2.74 bits per heavy atom. The van der Waals surface area contributed by atoms with E-state index in [1.807, 2.05) is 30.3 Å². The quantitative estimate of drug-likeness (QED) is 0.766. The van der Waals surface area contributed by atoms with Crippen LogP contribution in [0.1, 0.15) is 37.7 Å². The molecule has 2 atom stereocenters. The lowest BCUT2D eigenvalue weighted by atomic mass is 9.71. The summed E-state index contributed by atoms with van der Waals surface area (Å²) >= 11 is 0. The Bertz CT molecular complexity index is 494. The number of rotatable bonds is 2. The fourth-order valence-corrected chi connectivity index (χ4v) is 3.40. The number of hydrogen-bond acceptors (Lipinski definition) is 3. The van der Waals surface area contributed by atoms with Crippen molar-refractivity contribution in [1.82, 2.24) is 0 Å². The van der Waals surface area contributed by atoms with Crippen LogP contribution in [0.25, 0.3) is 0 Å². The van der Waals surface area contributed by atoms with E-state index in [2.05, 4.69) is 0 Å². The van der Waals surface area contributed by atoms with Crippen molar-refractivity contribution in [2.24, 2.45) is 5.41 Å². The van der Waals surface area contributed by atoms with Crippen molar-refractivity contribution in [3.63, 3.8) is 0 Å². The minimum atomic E-state index is -0.602. The minimum Gasteiger partial charge on any atom is -0.461 e. The Morgan fingerprint density at radius 2 is 1.95 bits per heavy atom. The second-order valence-corrected chi connectivity index (χ2v) is 5.64. The van der Waals surface area contributed by atoms with Crippen LogP contribution in [0, 0.1) is 5.41 Å². The topological polar surface area (TPSA) is 43.4 Å². The Balaban J connectivity index is 1.95. The molecule has 1 aromatic rings. The first-order valence-corrected chi connectivity index (χ1v) is 6.97. The zero-order valence-corrected chi connectivity index (χ0v) is 10.9. The molecule has 1 aromatic carbocycles. The summed E-state index contributed by atoms with van der Waals surface area (Å²) < 4.78 is 5.43. The average molecular weight is 258 g/mol. The van der Waals surface area contributed by atoms with Gasteiger partial charge in [0.05, 0.1) is 11.8 Å². The third-order valence-electron chi connectivity index (χ3n) is 4.39. The second kappa shape index (κ2) is 4.80. The highest BCUT2D eigenvalue weighted by molar-refractivity contribution is 5.92. The lowest BCUT2D eigenvalue weighted by Gasteiger charge is -2.29. The van der Waals surface area contributed by atoms with Gasteiger partial charge in [0.2, 0.25) is 0 Å². The van der Waals surface area contributed by atoms with Gasteiger partial charge < -0.3 is 4.74 Å². The molecule has 1 saturated heterocycles. The highest BCUT2D eigenvalue weighted by atomic mass is 16.6. The molecule has 19 heavy (non-hydrogen) atoms. The third kappa shape index (κ3) is 2.18. The molecule has 0 N–H and O–H groups in total. The van der Waals surface area contributed by atoms with Gasteiger partial charge in [-0.05, 0) is 31.2 Å². The molecular formula is C16H18O3. The van der Waals surface area contributed by atoms with Gasteiger partial charge >= 0.3 is 5.97 Å². The monoisotopic (exact) mass is 258 g/mol. The Morgan fingerprint density at radius 1 is 1.16 bits per heavy atom. The number of hydrogen-bond donors (Lipinski definition) is 0. The molecule has 0 radical (unpaired) electrons. The number of benzene rings is 1. The predicted molar refractivity (Wildman–Crippen MR) is 70.6 cm³/mol. The van der Waals surface area contributed by atoms with Gasteiger partial charge in [-0.2, -0.15) is 0 Å². The summed E-state index contributed by atoms with van der Waals surface area (Å²) in [4.78, 5) is 24.2. The van der Waals surface area contributed by atoms with E-state index in [1.165, 1.54) is 0 Å². The fourth-order valence-electron chi connectivity index (χ4n) is 3.40. The molecule has 3 rings (SSSR count). The normalized spacial score (nSPS) is 30.6. The van der Waals surface area contributed by atoms with Gasteiger partial charge in [0.1, 0.15) is 11.9 Å². The summed E-state index contributed by atoms with van der Waals surface area (Å²) in [5.74, 6) is 0.000819. The zero-order valence-electron chi connectivity index (χ0n) is 10.9. The number of carbonyl (C=O) groups is 2. The van der Waals surface area contributed by atoms with Crippen LogP contribution in [0.2, 0.25) is 0 Å². The van der Waals surface area contributed by atoms with Gasteiger partial charge in [-0.3, -0.25) is 9.59 Å². The highest BCUT2D eigenvalue weighted by Gasteiger charge is 2.54. The summed E-state index contributed by atoms with van der Waals surface area (Å²) in [5.41, 5.74) is 0.510. The van der Waals surface area contributed by atoms with Crippen molar-refractivity contribution in [3.05, 3.63) is 35.9 Å². The first kappa shape index (κ1) is 12.4. The van der Waals surface area contributed by atoms with Crippen LogP contribution < -0.4 is 0 Å². The highest BCUT2D eigenvalue weighted by Crippen LogP contribution is 2.45. The molecule has 2 fully saturated rings. The van der Waals surface area contributed by atoms with Crippen LogP contribution in [-0.4, -0.2) is 17.9 Å². The molecule has 1 saturated carbocycles. The van der Waals surface area contributed by atoms with E-state index in [-0.39, 0.29) is 24.3 Å². The number of Topliss-reactive ketones (excluding diaryl/α,β-unsaturated/α-hetero) is 1. The Labute approximate surface area is 113 Å². The van der Waals surface area contributed by atoms with Crippen molar-refractivity contribution in [3.8, 4) is 0 Å². The molecular weight excluding hydrogens is 240 g/mol. The number of ketones is 1. The fraction of sp³-hybridized carbons (Fsp3) is 0.500. The first-order valence-electron chi connectivity index (χ1n) is 6.97. The summed E-state index contributed by atoms with van der Waals surface area (Å²) in [5, 5.41) is 0. The van der Waals surface area contributed by atoms with E-state index in [0.29, 0.717) is 12.8 Å². The first-order chi connectivity index (χ1) is 9.21. The van der Waals surface area contributed by atoms with Crippen molar-refractivity contribution >= 4 is 11.8 Å². The molecule has 0 aromatic heterocycles. The molecule has 0 amide bonds. The number of fused-ring (bicyclic) bond motifs is 1. The largest absolute Gasteiger partial charge is 0.461 e. The summed E-state index contributed by atoms with van der Waals surface area (Å²) in [6.45, 7) is 0. The van der Waals surface area contributed by atoms with Crippen LogP contribution in [0.15, 0.2) is 30.3 Å². The summed E-state index contributed by atoms with van der Waals surface area (Å²) in [6, 6.07) is 9.95. The van der Waals surface area contributed by atoms with Crippen LogP contribution in [0.5, 0.6) is 0 Å². The molecule has 0 spiro atoms. The molecule has 1 aliphatic carbocycles. The van der Waals surface area contributed by atoms with Gasteiger partial charge in [-0.15, -0.1) is 0 Å². The Hall–Kier alpha value is -1.64. The summed E-state index contributed by atoms with van der Waals surface area (Å²) in [7, 11) is 0. The van der Waals surface area contributed by atoms with Gasteiger partial charge in [0.25, 0.3) is 0 Å². The molecule has 1 aliphatic heterocycles. The van der Waals surface area contributed by atoms with Crippen LogP contribution in [0.4, 0.5) is 0 Å². The van der Waals surface area contributed by atoms with Crippen molar-refractivity contribution in [1.29, 1.82) is 0 Å². The third-order valence-corrected chi connectivity index (χ3v) is 4.39. The Kier molecular flexibility index (Phi) is 3.13. The molecule has 0 bridgehead atoms. The SMILES string of the molecule is O=C1C[C@@]2(Cc3ccccc3)C(=O)CCCC[C@@H]2O1. The summed E-state index contributed by atoms with van der Waals surface area (Å²) in [6.07, 6.45) is 3.97. The van der Waals surface area contributed by atoms with Crippen molar-refractivity contribution < 1.29 is 14.3 Å². The molecule has 1 heterocycles. The van der Waals surface area contributed by atoms with Gasteiger partial charge in [0.15, 0.2) is 0 Å². The zero-order chi connectivity index (χ0) is 13.3. The maximum absolute atomic E-state index is 12.5. The van der Waals surface area contributed by atoms with Gasteiger partial charge in [-0.25, -0.2) is 0 Å². The number of ether oxygens (including phenoxy) is 1. The van der Waals surface area contributed by atoms with E-state index < -0.39 is 5.41 Å².